The van der Waals surface area contributed by atoms with Crippen LogP contribution in [0.5, 0.6) is 0 Å². The molecule has 3 heterocycles. The molecule has 3 aromatic heterocycles. The zero-order valence-corrected chi connectivity index (χ0v) is 12.9. The molecule has 0 saturated carbocycles. The molecular formula is C15H14N3OPt+3. The Kier molecular flexibility index (Phi) is 6.16. The van der Waals surface area contributed by atoms with Gasteiger partial charge in [0.05, 0.1) is 22.8 Å². The Morgan fingerprint density at radius 2 is 1.00 bits per heavy atom. The van der Waals surface area contributed by atoms with Crippen molar-refractivity contribution in [1.29, 1.82) is 0 Å². The van der Waals surface area contributed by atoms with E-state index in [9.17, 15) is 0 Å². The molecule has 0 aromatic carbocycles. The van der Waals surface area contributed by atoms with E-state index < -0.39 is 0 Å². The van der Waals surface area contributed by atoms with Crippen molar-refractivity contribution >= 4 is 0 Å². The Balaban J connectivity index is 0.000001000. The van der Waals surface area contributed by atoms with Gasteiger partial charge >= 0.3 is 21.1 Å². The molecule has 0 amide bonds. The number of nitrogens with zero attached hydrogens (tertiary/aromatic N) is 3. The SMILES string of the molecule is [OH3+].[Pt+2].c1ccc(-c2cccc(-c3ccccn3)n2)nc1. The number of pyridine rings is 3. The van der Waals surface area contributed by atoms with E-state index in [1.807, 2.05) is 54.6 Å². The van der Waals surface area contributed by atoms with Gasteiger partial charge in [-0.05, 0) is 36.4 Å². The zero-order chi connectivity index (χ0) is 12.2. The average molecular weight is 447 g/mol. The Morgan fingerprint density at radius 3 is 1.40 bits per heavy atom. The van der Waals surface area contributed by atoms with Crippen LogP contribution in [0.4, 0.5) is 0 Å². The van der Waals surface area contributed by atoms with Gasteiger partial charge in [0.2, 0.25) is 0 Å². The maximum absolute atomic E-state index is 4.59. The van der Waals surface area contributed by atoms with Crippen LogP contribution >= 0.6 is 0 Å². The van der Waals surface area contributed by atoms with Crippen LogP contribution in [0.2, 0.25) is 0 Å². The smallest absolute Gasteiger partial charge is 0.457 e. The fourth-order valence-corrected chi connectivity index (χ4v) is 1.75. The molecule has 0 radical (unpaired) electrons. The van der Waals surface area contributed by atoms with Crippen LogP contribution in [0, 0.1) is 0 Å². The quantitative estimate of drug-likeness (QED) is 0.566. The molecule has 0 fully saturated rings. The molecule has 3 rings (SSSR count). The second kappa shape index (κ2) is 7.63. The van der Waals surface area contributed by atoms with Crippen LogP contribution < -0.4 is 0 Å². The number of hydrogen-bond acceptors (Lipinski definition) is 3. The second-order valence-corrected chi connectivity index (χ2v) is 3.84. The largest absolute Gasteiger partial charge is 2.00 e. The third-order valence-electron chi connectivity index (χ3n) is 2.60. The molecule has 102 valence electrons. The molecule has 4 nitrogen and oxygen atoms in total. The molecule has 0 atom stereocenters. The van der Waals surface area contributed by atoms with E-state index in [0.717, 1.165) is 22.8 Å². The Hall–Kier alpha value is -1.90. The van der Waals surface area contributed by atoms with Gasteiger partial charge in [-0.2, -0.15) is 0 Å². The summed E-state index contributed by atoms with van der Waals surface area (Å²) in [5, 5.41) is 0. The summed E-state index contributed by atoms with van der Waals surface area (Å²) in [7, 11) is 0. The van der Waals surface area contributed by atoms with Gasteiger partial charge in [-0.1, -0.05) is 18.2 Å². The van der Waals surface area contributed by atoms with Crippen LogP contribution in [-0.2, 0) is 26.5 Å². The van der Waals surface area contributed by atoms with Crippen molar-refractivity contribution in [3.63, 3.8) is 0 Å². The summed E-state index contributed by atoms with van der Waals surface area (Å²) in [6.45, 7) is 0. The normalized spacial score (nSPS) is 9.20. The van der Waals surface area contributed by atoms with Crippen LogP contribution in [0.25, 0.3) is 22.8 Å². The Morgan fingerprint density at radius 1 is 0.550 bits per heavy atom. The van der Waals surface area contributed by atoms with Crippen LogP contribution in [0.3, 0.4) is 0 Å². The fourth-order valence-electron chi connectivity index (χ4n) is 1.75. The molecule has 3 N–H and O–H groups in total. The third kappa shape index (κ3) is 3.56. The van der Waals surface area contributed by atoms with Crippen LogP contribution in [0.1, 0.15) is 0 Å². The van der Waals surface area contributed by atoms with E-state index in [1.165, 1.54) is 0 Å². The fraction of sp³-hybridized carbons (Fsp3) is 0. The molecule has 20 heavy (non-hydrogen) atoms. The molecule has 5 heteroatoms. The average Bonchev–Trinajstić information content (AvgIpc) is 2.49. The summed E-state index contributed by atoms with van der Waals surface area (Å²) in [4.78, 5) is 13.2. The minimum atomic E-state index is 0. The van der Waals surface area contributed by atoms with E-state index in [1.54, 1.807) is 12.4 Å². The molecule has 0 aliphatic heterocycles. The first kappa shape index (κ1) is 16.2. The van der Waals surface area contributed by atoms with Crippen molar-refractivity contribution in [3.8, 4) is 22.8 Å². The van der Waals surface area contributed by atoms with Crippen molar-refractivity contribution < 1.29 is 26.5 Å². The number of aromatic nitrogens is 3. The number of rotatable bonds is 2. The van der Waals surface area contributed by atoms with Crippen LogP contribution in [0.15, 0.2) is 67.0 Å². The summed E-state index contributed by atoms with van der Waals surface area (Å²) in [6, 6.07) is 17.5. The van der Waals surface area contributed by atoms with Gasteiger partial charge in [-0.15, -0.1) is 0 Å². The van der Waals surface area contributed by atoms with E-state index >= 15 is 0 Å². The zero-order valence-electron chi connectivity index (χ0n) is 10.6. The standard InChI is InChI=1S/C15H11N3.H2O.Pt/c1-3-10-16-12(6-1)14-8-5-9-15(18-14)13-7-2-4-11-17-13;;/h1-11H;1H2;/q;;+2/p+1. The minimum absolute atomic E-state index is 0. The third-order valence-corrected chi connectivity index (χ3v) is 2.60. The van der Waals surface area contributed by atoms with E-state index in [4.69, 9.17) is 0 Å². The van der Waals surface area contributed by atoms with Gasteiger partial charge in [-0.25, -0.2) is 4.98 Å². The van der Waals surface area contributed by atoms with Crippen molar-refractivity contribution in [2.24, 2.45) is 0 Å². The summed E-state index contributed by atoms with van der Waals surface area (Å²) >= 11 is 0. The monoisotopic (exact) mass is 447 g/mol. The molecule has 3 aromatic rings. The van der Waals surface area contributed by atoms with Gasteiger partial charge in [0.15, 0.2) is 0 Å². The Labute approximate surface area is 131 Å². The summed E-state index contributed by atoms with van der Waals surface area (Å²) in [5.41, 5.74) is 3.46. The van der Waals surface area contributed by atoms with E-state index in [2.05, 4.69) is 15.0 Å². The predicted octanol–water partition coefficient (Wildman–Crippen LogP) is 2.28. The van der Waals surface area contributed by atoms with Crippen molar-refractivity contribution in [2.45, 2.75) is 0 Å². The van der Waals surface area contributed by atoms with Crippen molar-refractivity contribution in [2.75, 3.05) is 0 Å². The molecule has 0 aliphatic rings. The molecule has 0 spiro atoms. The first-order valence-corrected chi connectivity index (χ1v) is 5.73. The summed E-state index contributed by atoms with van der Waals surface area (Å²) in [5.74, 6) is 0. The topological polar surface area (TPSA) is 71.7 Å². The molecule has 0 unspecified atom stereocenters. The molecular weight excluding hydrogens is 433 g/mol. The summed E-state index contributed by atoms with van der Waals surface area (Å²) in [6.07, 6.45) is 3.54. The maximum atomic E-state index is 4.59. The van der Waals surface area contributed by atoms with Gasteiger partial charge < -0.3 is 5.48 Å². The van der Waals surface area contributed by atoms with Gasteiger partial charge in [-0.3, -0.25) is 9.97 Å². The number of hydrogen-bond donors (Lipinski definition) is 0. The first-order chi connectivity index (χ1) is 8.93. The van der Waals surface area contributed by atoms with Crippen LogP contribution in [-0.4, -0.2) is 15.0 Å². The molecule has 0 aliphatic carbocycles. The minimum Gasteiger partial charge on any atom is -0.457 e. The van der Waals surface area contributed by atoms with E-state index in [-0.39, 0.29) is 26.5 Å². The maximum Gasteiger partial charge on any atom is 2.00 e. The Bertz CT molecular complexity index is 593. The first-order valence-electron chi connectivity index (χ1n) is 5.73. The van der Waals surface area contributed by atoms with Gasteiger partial charge in [0.1, 0.15) is 0 Å². The van der Waals surface area contributed by atoms with Gasteiger partial charge in [0.25, 0.3) is 0 Å². The van der Waals surface area contributed by atoms with Crippen molar-refractivity contribution in [1.82, 2.24) is 15.0 Å². The van der Waals surface area contributed by atoms with Crippen molar-refractivity contribution in [3.05, 3.63) is 67.0 Å². The summed E-state index contributed by atoms with van der Waals surface area (Å²) < 4.78 is 0. The van der Waals surface area contributed by atoms with E-state index in [0.29, 0.717) is 0 Å². The molecule has 0 bridgehead atoms. The predicted molar refractivity (Wildman–Crippen MR) is 75.6 cm³/mol. The molecule has 0 saturated heterocycles. The second-order valence-electron chi connectivity index (χ2n) is 3.84. The van der Waals surface area contributed by atoms with Gasteiger partial charge in [0, 0.05) is 12.4 Å².